The van der Waals surface area contributed by atoms with E-state index in [1.54, 1.807) is 0 Å². The summed E-state index contributed by atoms with van der Waals surface area (Å²) in [5.41, 5.74) is 10.1. The lowest BCUT2D eigenvalue weighted by atomic mass is 10.3. The number of ether oxygens (including phenoxy) is 3. The fourth-order valence-electron chi connectivity index (χ4n) is 2.10. The molecule has 1 unspecified atom stereocenters. The zero-order chi connectivity index (χ0) is 20.8. The molecule has 0 aromatic rings. The van der Waals surface area contributed by atoms with Crippen LogP contribution in [0.5, 0.6) is 0 Å². The molecule has 0 heterocycles. The molecular formula is C14H32N4O8Si. The first-order chi connectivity index (χ1) is 12.8. The minimum Gasteiger partial charge on any atom is -0.377 e. The largest absolute Gasteiger partial charge is 0.506 e. The van der Waals surface area contributed by atoms with E-state index in [0.29, 0.717) is 45.0 Å². The maximum atomic E-state index is 10.8. The summed E-state index contributed by atoms with van der Waals surface area (Å²) in [6.45, 7) is 1.06. The third-order valence-electron chi connectivity index (χ3n) is 3.49. The van der Waals surface area contributed by atoms with Crippen molar-refractivity contribution < 1.29 is 37.1 Å². The molecule has 27 heavy (non-hydrogen) atoms. The van der Waals surface area contributed by atoms with Crippen molar-refractivity contribution in [2.75, 3.05) is 48.1 Å². The highest BCUT2D eigenvalue weighted by molar-refractivity contribution is 6.60. The van der Waals surface area contributed by atoms with Crippen molar-refractivity contribution in [1.82, 2.24) is 10.6 Å². The number of rotatable bonds is 16. The highest BCUT2D eigenvalue weighted by Crippen LogP contribution is 2.26. The molecule has 0 aliphatic heterocycles. The Morgan fingerprint density at radius 1 is 0.889 bits per heavy atom. The van der Waals surface area contributed by atoms with Crippen LogP contribution in [0.3, 0.4) is 0 Å². The van der Waals surface area contributed by atoms with E-state index >= 15 is 0 Å². The summed E-state index contributed by atoms with van der Waals surface area (Å²) in [6.07, 6.45) is -0.0160. The van der Waals surface area contributed by atoms with Crippen LogP contribution >= 0.6 is 0 Å². The minimum absolute atomic E-state index is 0.303. The van der Waals surface area contributed by atoms with E-state index in [4.69, 9.17) is 39.0 Å². The molecule has 0 aliphatic rings. The molecular weight excluding hydrogens is 380 g/mol. The van der Waals surface area contributed by atoms with Gasteiger partial charge in [0.15, 0.2) is 0 Å². The standard InChI is InChI=1S/C14H32N4O8Si/c1-21-14(22-2,23-3)26-27(24-4,11-7-9-18-13(16)20)25-10-6-5-8-17-12(15)19/h5-11H2,1-4H3,(H3,15,17,19)(H3,16,18,20). The van der Waals surface area contributed by atoms with Gasteiger partial charge in [0.1, 0.15) is 0 Å². The molecule has 0 saturated carbocycles. The van der Waals surface area contributed by atoms with Gasteiger partial charge in [-0.3, -0.25) is 4.43 Å². The molecule has 0 fully saturated rings. The summed E-state index contributed by atoms with van der Waals surface area (Å²) in [4.78, 5) is 21.5. The third-order valence-corrected chi connectivity index (χ3v) is 6.29. The van der Waals surface area contributed by atoms with E-state index in [-0.39, 0.29) is 0 Å². The van der Waals surface area contributed by atoms with Crippen molar-refractivity contribution >= 4 is 20.9 Å². The van der Waals surface area contributed by atoms with Gasteiger partial charge in [-0.1, -0.05) is 0 Å². The van der Waals surface area contributed by atoms with E-state index in [1.807, 2.05) is 0 Å². The number of hydrogen-bond donors (Lipinski definition) is 4. The van der Waals surface area contributed by atoms with Crippen molar-refractivity contribution in [1.29, 1.82) is 0 Å². The Morgan fingerprint density at radius 2 is 1.41 bits per heavy atom. The molecule has 0 bridgehead atoms. The number of methoxy groups -OCH3 is 3. The fraction of sp³-hybridized carbons (Fsp3) is 0.857. The number of urea groups is 2. The van der Waals surface area contributed by atoms with Gasteiger partial charge < -0.3 is 45.2 Å². The van der Waals surface area contributed by atoms with Crippen molar-refractivity contribution in [3.8, 4) is 0 Å². The first-order valence-corrected chi connectivity index (χ1v) is 10.3. The Hall–Kier alpha value is -1.48. The zero-order valence-electron chi connectivity index (χ0n) is 16.4. The summed E-state index contributed by atoms with van der Waals surface area (Å²) >= 11 is 0. The quantitative estimate of drug-likeness (QED) is 0.152. The molecule has 0 spiro atoms. The van der Waals surface area contributed by atoms with Gasteiger partial charge in [0.05, 0.1) is 0 Å². The molecule has 12 nitrogen and oxygen atoms in total. The van der Waals surface area contributed by atoms with Crippen molar-refractivity contribution in [2.24, 2.45) is 11.5 Å². The second-order valence-corrected chi connectivity index (χ2v) is 8.11. The van der Waals surface area contributed by atoms with Gasteiger partial charge >= 0.3 is 27.0 Å². The van der Waals surface area contributed by atoms with Crippen LogP contribution in [0.2, 0.25) is 6.04 Å². The lowest BCUT2D eigenvalue weighted by Crippen LogP contribution is -2.55. The van der Waals surface area contributed by atoms with Gasteiger partial charge in [-0.15, -0.1) is 0 Å². The molecule has 13 heteroatoms. The zero-order valence-corrected chi connectivity index (χ0v) is 17.4. The first kappa shape index (κ1) is 25.5. The summed E-state index contributed by atoms with van der Waals surface area (Å²) in [5, 5.41) is 4.99. The number of unbranched alkanes of at least 4 members (excludes halogenated alkanes) is 1. The summed E-state index contributed by atoms with van der Waals surface area (Å²) in [5.74, 6) is 0. The van der Waals surface area contributed by atoms with Crippen molar-refractivity contribution in [3.05, 3.63) is 0 Å². The predicted molar refractivity (Wildman–Crippen MR) is 97.4 cm³/mol. The average Bonchev–Trinajstić information content (AvgIpc) is 2.65. The average molecular weight is 413 g/mol. The molecule has 4 amide bonds. The van der Waals surface area contributed by atoms with E-state index in [0.717, 1.165) is 0 Å². The molecule has 1 atom stereocenters. The maximum absolute atomic E-state index is 10.8. The SMILES string of the molecule is COC(OC)(OC)O[Si](CCCNC(N)=O)(OC)OCCCCNC(N)=O. The Morgan fingerprint density at radius 3 is 1.85 bits per heavy atom. The fourth-order valence-corrected chi connectivity index (χ4v) is 4.51. The number of primary amides is 2. The molecule has 0 radical (unpaired) electrons. The second kappa shape index (κ2) is 13.7. The smallest absolute Gasteiger partial charge is 0.377 e. The Balaban J connectivity index is 4.87. The van der Waals surface area contributed by atoms with Crippen molar-refractivity contribution in [3.63, 3.8) is 0 Å². The van der Waals surface area contributed by atoms with E-state index in [2.05, 4.69) is 10.6 Å². The molecule has 0 saturated heterocycles. The van der Waals surface area contributed by atoms with Gasteiger partial charge in [-0.25, -0.2) is 9.59 Å². The van der Waals surface area contributed by atoms with Crippen LogP contribution in [0.25, 0.3) is 0 Å². The monoisotopic (exact) mass is 412 g/mol. The predicted octanol–water partition coefficient (Wildman–Crippen LogP) is -0.338. The van der Waals surface area contributed by atoms with Gasteiger partial charge in [0.25, 0.3) is 0 Å². The first-order valence-electron chi connectivity index (χ1n) is 8.40. The highest BCUT2D eigenvalue weighted by atomic mass is 28.4. The van der Waals surface area contributed by atoms with Gasteiger partial charge in [-0.05, 0) is 19.3 Å². The van der Waals surface area contributed by atoms with Crippen LogP contribution in [0.4, 0.5) is 9.59 Å². The van der Waals surface area contributed by atoms with E-state index in [1.165, 1.54) is 28.4 Å². The van der Waals surface area contributed by atoms with Crippen molar-refractivity contribution in [2.45, 2.75) is 31.5 Å². The minimum atomic E-state index is -3.30. The van der Waals surface area contributed by atoms with E-state index < -0.39 is 27.0 Å². The Labute approximate surface area is 160 Å². The van der Waals surface area contributed by atoms with Crippen LogP contribution < -0.4 is 22.1 Å². The van der Waals surface area contributed by atoms with Gasteiger partial charge in [-0.2, -0.15) is 0 Å². The molecule has 0 aromatic heterocycles. The second-order valence-electron chi connectivity index (χ2n) is 5.34. The lowest BCUT2D eigenvalue weighted by Gasteiger charge is -2.36. The van der Waals surface area contributed by atoms with Crippen LogP contribution in [0.1, 0.15) is 19.3 Å². The number of nitrogens with two attached hydrogens (primary N) is 2. The van der Waals surface area contributed by atoms with Gasteiger partial charge in [0, 0.05) is 54.2 Å². The molecule has 0 aliphatic carbocycles. The number of amides is 4. The van der Waals surface area contributed by atoms with Crippen LogP contribution in [0, 0.1) is 0 Å². The third kappa shape index (κ3) is 10.4. The normalized spacial score (nSPS) is 13.8. The van der Waals surface area contributed by atoms with Crippen LogP contribution in [0.15, 0.2) is 0 Å². The summed E-state index contributed by atoms with van der Waals surface area (Å²) in [7, 11) is 2.21. The number of carbonyl (C=O) groups excluding carboxylic acids is 2. The van der Waals surface area contributed by atoms with Gasteiger partial charge in [0.2, 0.25) is 0 Å². The van der Waals surface area contributed by atoms with E-state index in [9.17, 15) is 9.59 Å². The van der Waals surface area contributed by atoms with Crippen LogP contribution in [-0.4, -0.2) is 75.2 Å². The Bertz CT molecular complexity index is 433. The molecule has 0 aromatic carbocycles. The molecule has 6 N–H and O–H groups in total. The summed E-state index contributed by atoms with van der Waals surface area (Å²) in [6, 6.07) is -0.850. The Kier molecular flexibility index (Phi) is 12.9. The van der Waals surface area contributed by atoms with Crippen LogP contribution in [-0.2, 0) is 27.5 Å². The maximum Gasteiger partial charge on any atom is 0.506 e. The lowest BCUT2D eigenvalue weighted by molar-refractivity contribution is -0.460. The molecule has 0 rings (SSSR count). The number of nitrogens with one attached hydrogen (secondary N) is 2. The summed E-state index contributed by atoms with van der Waals surface area (Å²) < 4.78 is 32.9. The number of hydrogen-bond acceptors (Lipinski definition) is 8. The molecule has 160 valence electrons. The number of carbonyl (C=O) groups is 2. The highest BCUT2D eigenvalue weighted by Gasteiger charge is 2.49. The topological polar surface area (TPSA) is 166 Å².